The average molecular weight is 310 g/mol. The average Bonchev–Trinajstić information content (AvgIpc) is 2.46. The predicted molar refractivity (Wildman–Crippen MR) is 72.5 cm³/mol. The molecule has 2 rings (SSSR count). The Kier molecular flexibility index (Phi) is 4.11. The molecular formula is C14H9F3N2O3. The van der Waals surface area contributed by atoms with Crippen LogP contribution in [0.3, 0.4) is 0 Å². The van der Waals surface area contributed by atoms with Crippen LogP contribution in [0.2, 0.25) is 0 Å². The van der Waals surface area contributed by atoms with Gasteiger partial charge in [-0.3, -0.25) is 14.9 Å². The molecule has 1 N–H and O–H groups in total. The van der Waals surface area contributed by atoms with E-state index in [9.17, 15) is 28.1 Å². The van der Waals surface area contributed by atoms with Gasteiger partial charge >= 0.3 is 6.18 Å². The zero-order valence-electron chi connectivity index (χ0n) is 10.9. The van der Waals surface area contributed by atoms with Gasteiger partial charge in [-0.2, -0.15) is 13.2 Å². The summed E-state index contributed by atoms with van der Waals surface area (Å²) in [6.07, 6.45) is -4.49. The van der Waals surface area contributed by atoms with E-state index in [4.69, 9.17) is 0 Å². The van der Waals surface area contributed by atoms with E-state index in [2.05, 4.69) is 5.32 Å². The number of carbonyl (C=O) groups excluding carboxylic acids is 1. The van der Waals surface area contributed by atoms with Crippen LogP contribution in [0.1, 0.15) is 15.9 Å². The van der Waals surface area contributed by atoms with Crippen molar-refractivity contribution in [2.45, 2.75) is 6.18 Å². The number of nitrogens with one attached hydrogen (secondary N) is 1. The zero-order chi connectivity index (χ0) is 16.3. The van der Waals surface area contributed by atoms with Crippen molar-refractivity contribution in [3.63, 3.8) is 0 Å². The number of amides is 1. The van der Waals surface area contributed by atoms with Crippen LogP contribution in [0.5, 0.6) is 0 Å². The summed E-state index contributed by atoms with van der Waals surface area (Å²) >= 11 is 0. The fraction of sp³-hybridized carbons (Fsp3) is 0.0714. The number of para-hydroxylation sites is 2. The van der Waals surface area contributed by atoms with Crippen molar-refractivity contribution in [3.8, 4) is 0 Å². The van der Waals surface area contributed by atoms with Gasteiger partial charge in [0.15, 0.2) is 0 Å². The van der Waals surface area contributed by atoms with Crippen molar-refractivity contribution in [2.24, 2.45) is 0 Å². The smallest absolute Gasteiger partial charge is 0.316 e. The molecule has 22 heavy (non-hydrogen) atoms. The second-order valence-corrected chi connectivity index (χ2v) is 4.30. The van der Waals surface area contributed by atoms with Crippen molar-refractivity contribution in [1.82, 2.24) is 0 Å². The van der Waals surface area contributed by atoms with E-state index >= 15 is 0 Å². The van der Waals surface area contributed by atoms with Crippen LogP contribution in [0.15, 0.2) is 48.5 Å². The molecule has 0 aromatic heterocycles. The second-order valence-electron chi connectivity index (χ2n) is 4.30. The highest BCUT2D eigenvalue weighted by Gasteiger charge is 2.30. The lowest BCUT2D eigenvalue weighted by Gasteiger charge is -2.08. The Bertz CT molecular complexity index is 712. The van der Waals surface area contributed by atoms with Gasteiger partial charge in [-0.05, 0) is 30.3 Å². The second kappa shape index (κ2) is 5.84. The van der Waals surface area contributed by atoms with E-state index in [0.717, 1.165) is 24.3 Å². The van der Waals surface area contributed by atoms with Crippen molar-refractivity contribution in [3.05, 3.63) is 69.8 Å². The molecule has 0 aliphatic carbocycles. The molecule has 0 aliphatic rings. The van der Waals surface area contributed by atoms with Gasteiger partial charge in [-0.1, -0.05) is 12.1 Å². The normalized spacial score (nSPS) is 11.0. The largest absolute Gasteiger partial charge is 0.416 e. The van der Waals surface area contributed by atoms with Gasteiger partial charge in [-0.15, -0.1) is 0 Å². The topological polar surface area (TPSA) is 72.2 Å². The fourth-order valence-corrected chi connectivity index (χ4v) is 1.74. The van der Waals surface area contributed by atoms with Gasteiger partial charge in [0.1, 0.15) is 5.69 Å². The number of carbonyl (C=O) groups is 1. The van der Waals surface area contributed by atoms with Gasteiger partial charge in [0.25, 0.3) is 11.6 Å². The minimum absolute atomic E-state index is 0.0302. The first-order valence-corrected chi connectivity index (χ1v) is 6.01. The summed E-state index contributed by atoms with van der Waals surface area (Å²) < 4.78 is 37.3. The van der Waals surface area contributed by atoms with E-state index < -0.39 is 22.6 Å². The fourth-order valence-electron chi connectivity index (χ4n) is 1.74. The molecule has 5 nitrogen and oxygen atoms in total. The molecule has 0 saturated carbocycles. The first-order valence-electron chi connectivity index (χ1n) is 6.01. The van der Waals surface area contributed by atoms with Crippen molar-refractivity contribution >= 4 is 17.3 Å². The number of benzene rings is 2. The Balaban J connectivity index is 2.22. The van der Waals surface area contributed by atoms with E-state index in [1.165, 1.54) is 24.3 Å². The third-order valence-electron chi connectivity index (χ3n) is 2.82. The number of rotatable bonds is 3. The molecule has 0 radical (unpaired) electrons. The molecule has 2 aromatic carbocycles. The van der Waals surface area contributed by atoms with Crippen molar-refractivity contribution in [2.75, 3.05) is 5.32 Å². The Morgan fingerprint density at radius 3 is 2.18 bits per heavy atom. The number of hydrogen-bond acceptors (Lipinski definition) is 3. The lowest BCUT2D eigenvalue weighted by molar-refractivity contribution is -0.383. The Labute approximate surface area is 122 Å². The standard InChI is InChI=1S/C14H9F3N2O3/c15-14(16,17)10-7-5-9(6-8-10)13(20)18-11-3-1-2-4-12(11)19(21)22/h1-8H,(H,18,20). The summed E-state index contributed by atoms with van der Waals surface area (Å²) in [6.45, 7) is 0. The van der Waals surface area contributed by atoms with Crippen LogP contribution < -0.4 is 5.32 Å². The van der Waals surface area contributed by atoms with Crippen molar-refractivity contribution < 1.29 is 22.9 Å². The molecule has 114 valence electrons. The van der Waals surface area contributed by atoms with Gasteiger partial charge in [0, 0.05) is 11.6 Å². The van der Waals surface area contributed by atoms with E-state index in [1.54, 1.807) is 0 Å². The van der Waals surface area contributed by atoms with Gasteiger partial charge < -0.3 is 5.32 Å². The zero-order valence-corrected chi connectivity index (χ0v) is 10.9. The maximum Gasteiger partial charge on any atom is 0.416 e. The third kappa shape index (κ3) is 3.40. The van der Waals surface area contributed by atoms with Crippen molar-refractivity contribution in [1.29, 1.82) is 0 Å². The summed E-state index contributed by atoms with van der Waals surface area (Å²) in [5.74, 6) is -0.733. The molecule has 0 bridgehead atoms. The first-order chi connectivity index (χ1) is 10.3. The monoisotopic (exact) mass is 310 g/mol. The third-order valence-corrected chi connectivity index (χ3v) is 2.82. The maximum absolute atomic E-state index is 12.4. The van der Waals surface area contributed by atoms with Gasteiger partial charge in [0.05, 0.1) is 10.5 Å². The molecule has 0 spiro atoms. The Hall–Kier alpha value is -2.90. The van der Waals surface area contributed by atoms with Crippen LogP contribution >= 0.6 is 0 Å². The number of nitro groups is 1. The quantitative estimate of drug-likeness (QED) is 0.691. The van der Waals surface area contributed by atoms with Crippen LogP contribution in [-0.4, -0.2) is 10.8 Å². The molecule has 2 aromatic rings. The predicted octanol–water partition coefficient (Wildman–Crippen LogP) is 3.87. The number of hydrogen-bond donors (Lipinski definition) is 1. The van der Waals surface area contributed by atoms with Gasteiger partial charge in [0.2, 0.25) is 0 Å². The molecule has 0 saturated heterocycles. The minimum Gasteiger partial charge on any atom is -0.316 e. The molecule has 8 heteroatoms. The maximum atomic E-state index is 12.4. The highest BCUT2D eigenvalue weighted by atomic mass is 19.4. The lowest BCUT2D eigenvalue weighted by Crippen LogP contribution is -2.13. The summed E-state index contributed by atoms with van der Waals surface area (Å²) in [4.78, 5) is 22.1. The molecule has 0 unspecified atom stereocenters. The minimum atomic E-state index is -4.49. The molecule has 1 amide bonds. The number of alkyl halides is 3. The highest BCUT2D eigenvalue weighted by Crippen LogP contribution is 2.29. The van der Waals surface area contributed by atoms with E-state index in [0.29, 0.717) is 0 Å². The summed E-state index contributed by atoms with van der Waals surface area (Å²) in [6, 6.07) is 9.03. The number of halogens is 3. The Morgan fingerprint density at radius 1 is 1.05 bits per heavy atom. The van der Waals surface area contributed by atoms with Crippen LogP contribution in [0, 0.1) is 10.1 Å². The summed E-state index contributed by atoms with van der Waals surface area (Å²) in [5, 5.41) is 13.1. The number of nitro benzene ring substituents is 1. The molecule has 0 atom stereocenters. The lowest BCUT2D eigenvalue weighted by atomic mass is 10.1. The molecule has 0 aliphatic heterocycles. The van der Waals surface area contributed by atoms with E-state index in [-0.39, 0.29) is 16.9 Å². The van der Waals surface area contributed by atoms with Gasteiger partial charge in [-0.25, -0.2) is 0 Å². The summed E-state index contributed by atoms with van der Waals surface area (Å²) in [7, 11) is 0. The van der Waals surface area contributed by atoms with Crippen LogP contribution in [-0.2, 0) is 6.18 Å². The summed E-state index contributed by atoms with van der Waals surface area (Å²) in [5.41, 5.74) is -1.25. The SMILES string of the molecule is O=C(Nc1ccccc1[N+](=O)[O-])c1ccc(C(F)(F)F)cc1. The first kappa shape index (κ1) is 15.5. The van der Waals surface area contributed by atoms with Crippen LogP contribution in [0.25, 0.3) is 0 Å². The Morgan fingerprint density at radius 2 is 1.64 bits per heavy atom. The van der Waals surface area contributed by atoms with Crippen LogP contribution in [0.4, 0.5) is 24.5 Å². The molecule has 0 heterocycles. The molecular weight excluding hydrogens is 301 g/mol. The highest BCUT2D eigenvalue weighted by molar-refractivity contribution is 6.05. The van der Waals surface area contributed by atoms with E-state index in [1.807, 2.05) is 0 Å². The number of nitrogens with zero attached hydrogens (tertiary/aromatic N) is 1. The number of anilines is 1. The molecule has 0 fully saturated rings.